The number of methoxy groups -OCH3 is 1. The van der Waals surface area contributed by atoms with Crippen LogP contribution in [-0.2, 0) is 17.4 Å². The molecule has 1 saturated heterocycles. The molecular weight excluding hydrogens is 454 g/mol. The molecule has 10 heteroatoms. The second kappa shape index (κ2) is 9.46. The number of piperazine rings is 1. The van der Waals surface area contributed by atoms with Crippen molar-refractivity contribution in [2.45, 2.75) is 18.6 Å². The maximum atomic E-state index is 13.3. The zero-order valence-corrected chi connectivity index (χ0v) is 18.3. The van der Waals surface area contributed by atoms with Crippen LogP contribution in [-0.4, -0.2) is 60.3 Å². The second-order valence-corrected chi connectivity index (χ2v) is 8.17. The molecule has 0 unspecified atom stereocenters. The summed E-state index contributed by atoms with van der Waals surface area (Å²) in [6.45, 7) is 1.22. The van der Waals surface area contributed by atoms with E-state index in [1.807, 2.05) is 9.80 Å². The first-order chi connectivity index (χ1) is 16.2. The zero-order chi connectivity index (χ0) is 24.5. The van der Waals surface area contributed by atoms with Crippen LogP contribution in [0.1, 0.15) is 11.3 Å². The maximum absolute atomic E-state index is 13.3. The highest BCUT2D eigenvalue weighted by atomic mass is 19.4. The van der Waals surface area contributed by atoms with Crippen molar-refractivity contribution in [1.29, 1.82) is 0 Å². The number of halogens is 4. The number of carboxylic acids is 1. The molecule has 1 atom stereocenters. The maximum Gasteiger partial charge on any atom is 0.433 e. The molecule has 2 aromatic carbocycles. The minimum atomic E-state index is -4.59. The number of carbonyl (C=O) groups is 1. The van der Waals surface area contributed by atoms with E-state index in [-0.39, 0.29) is 29.7 Å². The number of fused-ring (bicyclic) bond motifs is 1. The fourth-order valence-corrected chi connectivity index (χ4v) is 4.36. The van der Waals surface area contributed by atoms with Crippen molar-refractivity contribution in [1.82, 2.24) is 9.88 Å². The number of aliphatic carboxylic acids is 1. The molecule has 1 fully saturated rings. The Labute approximate surface area is 193 Å². The number of nitrogens with zero attached hydrogens (tertiary/aromatic N) is 3. The SMILES string of the molecule is COc1ccc(N2CCN(CC(=O)O)[C@@H](Cc3ccc(F)cc3)C2)c2ccc(C(F)(F)F)nc12. The molecular formula is C24H23F4N3O3. The Hall–Kier alpha value is -3.40. The van der Waals surface area contributed by atoms with Gasteiger partial charge < -0.3 is 14.7 Å². The van der Waals surface area contributed by atoms with Crippen LogP contribution < -0.4 is 9.64 Å². The first kappa shape index (κ1) is 23.7. The Morgan fingerprint density at radius 1 is 1.12 bits per heavy atom. The van der Waals surface area contributed by atoms with Crippen molar-refractivity contribution in [3.63, 3.8) is 0 Å². The zero-order valence-electron chi connectivity index (χ0n) is 18.3. The fraction of sp³-hybridized carbons (Fsp3) is 0.333. The Balaban J connectivity index is 1.68. The lowest BCUT2D eigenvalue weighted by molar-refractivity contribution is -0.141. The number of ether oxygens (including phenoxy) is 1. The molecule has 1 aliphatic heterocycles. The topological polar surface area (TPSA) is 65.9 Å². The van der Waals surface area contributed by atoms with Crippen LogP contribution in [0.25, 0.3) is 10.9 Å². The average molecular weight is 477 g/mol. The monoisotopic (exact) mass is 477 g/mol. The summed E-state index contributed by atoms with van der Waals surface area (Å²) in [6.07, 6.45) is -4.09. The van der Waals surface area contributed by atoms with Gasteiger partial charge in [0.2, 0.25) is 0 Å². The van der Waals surface area contributed by atoms with Crippen molar-refractivity contribution in [3.05, 3.63) is 65.6 Å². The highest BCUT2D eigenvalue weighted by Crippen LogP contribution is 2.37. The number of alkyl halides is 3. The molecule has 0 saturated carbocycles. The third-order valence-electron chi connectivity index (χ3n) is 5.98. The van der Waals surface area contributed by atoms with Gasteiger partial charge in [-0.3, -0.25) is 9.69 Å². The van der Waals surface area contributed by atoms with Crippen molar-refractivity contribution in [3.8, 4) is 5.75 Å². The Morgan fingerprint density at radius 2 is 1.85 bits per heavy atom. The van der Waals surface area contributed by atoms with Gasteiger partial charge in [0.1, 0.15) is 22.8 Å². The predicted molar refractivity (Wildman–Crippen MR) is 119 cm³/mol. The van der Waals surface area contributed by atoms with E-state index in [0.717, 1.165) is 11.6 Å². The standard InChI is InChI=1S/C24H23F4N3O3/c1-34-20-8-7-19(18-6-9-21(24(26,27)28)29-23(18)20)31-11-10-30(14-22(32)33)17(13-31)12-15-2-4-16(25)5-3-15/h2-9,17H,10-14H2,1H3,(H,32,33)/t17-/m0/s1. The molecule has 0 bridgehead atoms. The molecule has 1 N–H and O–H groups in total. The summed E-state index contributed by atoms with van der Waals surface area (Å²) >= 11 is 0. The highest BCUT2D eigenvalue weighted by Gasteiger charge is 2.34. The summed E-state index contributed by atoms with van der Waals surface area (Å²) in [7, 11) is 1.37. The van der Waals surface area contributed by atoms with Gasteiger partial charge in [-0.15, -0.1) is 0 Å². The van der Waals surface area contributed by atoms with E-state index >= 15 is 0 Å². The lowest BCUT2D eigenvalue weighted by atomic mass is 10.0. The molecule has 0 amide bonds. The number of rotatable bonds is 6. The van der Waals surface area contributed by atoms with E-state index in [9.17, 15) is 27.5 Å². The van der Waals surface area contributed by atoms with Gasteiger partial charge in [0.05, 0.1) is 13.7 Å². The van der Waals surface area contributed by atoms with Crippen molar-refractivity contribution < 1.29 is 32.2 Å². The number of anilines is 1. The fourth-order valence-electron chi connectivity index (χ4n) is 4.36. The Bertz CT molecular complexity index is 1180. The quantitative estimate of drug-likeness (QED) is 0.537. The third kappa shape index (κ3) is 5.06. The molecule has 0 spiro atoms. The van der Waals surface area contributed by atoms with Crippen molar-refractivity contribution in [2.75, 3.05) is 38.2 Å². The van der Waals surface area contributed by atoms with E-state index in [2.05, 4.69) is 4.98 Å². The third-order valence-corrected chi connectivity index (χ3v) is 5.98. The van der Waals surface area contributed by atoms with Crippen LogP contribution in [0.5, 0.6) is 5.75 Å². The molecule has 1 aromatic heterocycles. The first-order valence-corrected chi connectivity index (χ1v) is 10.7. The molecule has 34 heavy (non-hydrogen) atoms. The van der Waals surface area contributed by atoms with Crippen LogP contribution in [0, 0.1) is 5.82 Å². The minimum Gasteiger partial charge on any atom is -0.494 e. The summed E-state index contributed by atoms with van der Waals surface area (Å²) in [5.74, 6) is -1.07. The van der Waals surface area contributed by atoms with Gasteiger partial charge in [-0.25, -0.2) is 9.37 Å². The first-order valence-electron chi connectivity index (χ1n) is 10.7. The molecule has 2 heterocycles. The average Bonchev–Trinajstić information content (AvgIpc) is 2.79. The van der Waals surface area contributed by atoms with E-state index in [1.165, 1.54) is 25.3 Å². The van der Waals surface area contributed by atoms with Gasteiger partial charge in [-0.1, -0.05) is 12.1 Å². The summed E-state index contributed by atoms with van der Waals surface area (Å²) < 4.78 is 58.3. The molecule has 3 aromatic rings. The van der Waals surface area contributed by atoms with Crippen LogP contribution in [0.4, 0.5) is 23.2 Å². The van der Waals surface area contributed by atoms with Gasteiger partial charge in [-0.2, -0.15) is 13.2 Å². The molecule has 0 aliphatic carbocycles. The van der Waals surface area contributed by atoms with Crippen molar-refractivity contribution in [2.24, 2.45) is 0 Å². The number of aromatic nitrogens is 1. The van der Waals surface area contributed by atoms with Gasteiger partial charge in [-0.05, 0) is 48.4 Å². The van der Waals surface area contributed by atoms with E-state index in [0.29, 0.717) is 37.1 Å². The van der Waals surface area contributed by atoms with Crippen LogP contribution >= 0.6 is 0 Å². The number of pyridine rings is 1. The lowest BCUT2D eigenvalue weighted by Gasteiger charge is -2.42. The van der Waals surface area contributed by atoms with Gasteiger partial charge >= 0.3 is 12.1 Å². The molecule has 1 aliphatic rings. The predicted octanol–water partition coefficient (Wildman–Crippen LogP) is 4.22. The number of hydrogen-bond donors (Lipinski definition) is 1. The number of carboxylic acid groups (broad SMARTS) is 1. The number of hydrogen-bond acceptors (Lipinski definition) is 5. The van der Waals surface area contributed by atoms with Crippen LogP contribution in [0.3, 0.4) is 0 Å². The van der Waals surface area contributed by atoms with Gasteiger partial charge in [0.15, 0.2) is 0 Å². The summed E-state index contributed by atoms with van der Waals surface area (Å²) in [5.41, 5.74) is 0.657. The highest BCUT2D eigenvalue weighted by molar-refractivity contribution is 5.96. The van der Waals surface area contributed by atoms with Gasteiger partial charge in [0, 0.05) is 36.7 Å². The molecule has 4 rings (SSSR count). The van der Waals surface area contributed by atoms with E-state index < -0.39 is 17.8 Å². The minimum absolute atomic E-state index is 0.109. The van der Waals surface area contributed by atoms with Crippen LogP contribution in [0.15, 0.2) is 48.5 Å². The smallest absolute Gasteiger partial charge is 0.433 e. The molecule has 180 valence electrons. The van der Waals surface area contributed by atoms with Crippen molar-refractivity contribution >= 4 is 22.6 Å². The number of benzene rings is 2. The molecule has 6 nitrogen and oxygen atoms in total. The van der Waals surface area contributed by atoms with Crippen LogP contribution in [0.2, 0.25) is 0 Å². The lowest BCUT2D eigenvalue weighted by Crippen LogP contribution is -2.55. The summed E-state index contributed by atoms with van der Waals surface area (Å²) in [4.78, 5) is 19.1. The van der Waals surface area contributed by atoms with Gasteiger partial charge in [0.25, 0.3) is 0 Å². The largest absolute Gasteiger partial charge is 0.494 e. The summed E-state index contributed by atoms with van der Waals surface area (Å²) in [5, 5.41) is 9.85. The van der Waals surface area contributed by atoms with E-state index in [4.69, 9.17) is 4.74 Å². The molecule has 0 radical (unpaired) electrons. The second-order valence-electron chi connectivity index (χ2n) is 8.17. The Kier molecular flexibility index (Phi) is 6.60. The normalized spacial score (nSPS) is 17.2. The Morgan fingerprint density at radius 3 is 2.50 bits per heavy atom. The summed E-state index contributed by atoms with van der Waals surface area (Å²) in [6, 6.07) is 11.5. The van der Waals surface area contributed by atoms with E-state index in [1.54, 1.807) is 24.3 Å².